The highest BCUT2D eigenvalue weighted by atomic mass is 14.9. The second-order valence-electron chi connectivity index (χ2n) is 12.2. The summed E-state index contributed by atoms with van der Waals surface area (Å²) in [7, 11) is 0. The largest absolute Gasteiger partial charge is 0.355 e. The first-order chi connectivity index (χ1) is 23.3. The molecule has 0 fully saturated rings. The Hall–Kier alpha value is -5.70. The van der Waals surface area contributed by atoms with Crippen LogP contribution in [0.4, 0.5) is 11.4 Å². The molecule has 0 aliphatic heterocycles. The van der Waals surface area contributed by atoms with Crippen LogP contribution in [0.1, 0.15) is 33.4 Å². The highest BCUT2D eigenvalue weighted by molar-refractivity contribution is 6.01. The second kappa shape index (κ2) is 12.6. The van der Waals surface area contributed by atoms with Crippen LogP contribution in [0, 0.1) is 0 Å². The van der Waals surface area contributed by atoms with E-state index in [1.807, 2.05) is 0 Å². The molecule has 1 aliphatic rings. The van der Waals surface area contributed by atoms with Gasteiger partial charge in [0, 0.05) is 30.0 Å². The topological polar surface area (TPSA) is 24.1 Å². The Morgan fingerprint density at radius 3 is 1.70 bits per heavy atom. The first kappa shape index (κ1) is 28.8. The molecule has 0 bridgehead atoms. The normalized spacial score (nSPS) is 12.7. The monoisotopic (exact) mass is 604 g/mol. The van der Waals surface area contributed by atoms with Gasteiger partial charge >= 0.3 is 0 Å². The Balaban J connectivity index is 1.27. The van der Waals surface area contributed by atoms with Gasteiger partial charge in [-0.1, -0.05) is 164 Å². The van der Waals surface area contributed by atoms with Crippen molar-refractivity contribution in [1.82, 2.24) is 5.32 Å². The SMILES string of the molecule is c1ccc(CNCc2cccc(Nc3ccc4c(c3-c3ccccc3)-c3ccccc3C4(c3ccccc3)c3ccccc3)c2)cc1. The fraction of sp³-hybridized carbons (Fsp3) is 0.0667. The molecule has 7 aromatic carbocycles. The average molecular weight is 605 g/mol. The summed E-state index contributed by atoms with van der Waals surface area (Å²) < 4.78 is 0. The van der Waals surface area contributed by atoms with Crippen LogP contribution in [0.15, 0.2) is 182 Å². The first-order valence-electron chi connectivity index (χ1n) is 16.4. The Labute approximate surface area is 277 Å². The van der Waals surface area contributed by atoms with E-state index in [2.05, 4.69) is 193 Å². The van der Waals surface area contributed by atoms with E-state index in [-0.39, 0.29) is 0 Å². The zero-order valence-electron chi connectivity index (χ0n) is 26.2. The van der Waals surface area contributed by atoms with Crippen LogP contribution in [0.2, 0.25) is 0 Å². The summed E-state index contributed by atoms with van der Waals surface area (Å²) in [5, 5.41) is 7.46. The quantitative estimate of drug-likeness (QED) is 0.171. The third-order valence-corrected chi connectivity index (χ3v) is 9.39. The molecule has 2 N–H and O–H groups in total. The van der Waals surface area contributed by atoms with Gasteiger partial charge in [0.2, 0.25) is 0 Å². The number of nitrogens with one attached hydrogen (secondary N) is 2. The summed E-state index contributed by atoms with van der Waals surface area (Å²) in [5.74, 6) is 0. The molecule has 0 atom stereocenters. The van der Waals surface area contributed by atoms with Crippen LogP contribution < -0.4 is 10.6 Å². The van der Waals surface area contributed by atoms with Crippen molar-refractivity contribution in [3.05, 3.63) is 215 Å². The summed E-state index contributed by atoms with van der Waals surface area (Å²) in [6, 6.07) is 65.8. The van der Waals surface area contributed by atoms with Gasteiger partial charge in [0.1, 0.15) is 0 Å². The van der Waals surface area contributed by atoms with Crippen LogP contribution >= 0.6 is 0 Å². The van der Waals surface area contributed by atoms with Crippen LogP contribution in [0.25, 0.3) is 22.3 Å². The van der Waals surface area contributed by atoms with Gasteiger partial charge in [0.15, 0.2) is 0 Å². The maximum Gasteiger partial charge on any atom is 0.0713 e. The predicted molar refractivity (Wildman–Crippen MR) is 196 cm³/mol. The van der Waals surface area contributed by atoms with Gasteiger partial charge in [-0.25, -0.2) is 0 Å². The standard InChI is InChI=1S/C45H36N2/c1-5-16-33(17-6-1)31-46-32-34-18-15-25-38(30-34)47-42-29-28-41-44(43(42)35-19-7-2-8-20-35)39-26-13-14-27-40(39)45(41,36-21-9-3-10-22-36)37-23-11-4-12-24-37/h1-30,46-47H,31-32H2. The Bertz CT molecular complexity index is 2080. The molecule has 0 saturated carbocycles. The summed E-state index contributed by atoms with van der Waals surface area (Å²) in [6.45, 7) is 1.63. The molecule has 7 aromatic rings. The number of benzene rings is 7. The minimum absolute atomic E-state index is 0.444. The molecule has 2 heteroatoms. The lowest BCUT2D eigenvalue weighted by Gasteiger charge is -2.34. The lowest BCUT2D eigenvalue weighted by atomic mass is 9.67. The van der Waals surface area contributed by atoms with Gasteiger partial charge in [-0.05, 0) is 68.3 Å². The van der Waals surface area contributed by atoms with E-state index >= 15 is 0 Å². The maximum atomic E-state index is 3.86. The molecule has 8 rings (SSSR count). The van der Waals surface area contributed by atoms with Crippen molar-refractivity contribution in [2.75, 3.05) is 5.32 Å². The van der Waals surface area contributed by atoms with Crippen molar-refractivity contribution < 1.29 is 0 Å². The second-order valence-corrected chi connectivity index (χ2v) is 12.2. The molecular formula is C45H36N2. The van der Waals surface area contributed by atoms with E-state index in [4.69, 9.17) is 0 Å². The highest BCUT2D eigenvalue weighted by Gasteiger charge is 2.47. The minimum atomic E-state index is -0.444. The van der Waals surface area contributed by atoms with Gasteiger partial charge in [-0.15, -0.1) is 0 Å². The number of anilines is 2. The van der Waals surface area contributed by atoms with Crippen LogP contribution in [0.5, 0.6) is 0 Å². The maximum absolute atomic E-state index is 3.86. The highest BCUT2D eigenvalue weighted by Crippen LogP contribution is 2.59. The number of rotatable bonds is 9. The van der Waals surface area contributed by atoms with Crippen molar-refractivity contribution in [1.29, 1.82) is 0 Å². The molecular weight excluding hydrogens is 569 g/mol. The predicted octanol–water partition coefficient (Wildman–Crippen LogP) is 10.8. The lowest BCUT2D eigenvalue weighted by Crippen LogP contribution is -2.28. The fourth-order valence-electron chi connectivity index (χ4n) is 7.40. The van der Waals surface area contributed by atoms with Crippen LogP contribution in [-0.4, -0.2) is 0 Å². The van der Waals surface area contributed by atoms with Gasteiger partial charge in [0.25, 0.3) is 0 Å². The molecule has 2 nitrogen and oxygen atoms in total. The summed E-state index contributed by atoms with van der Waals surface area (Å²) >= 11 is 0. The fourth-order valence-corrected chi connectivity index (χ4v) is 7.40. The van der Waals surface area contributed by atoms with Gasteiger partial charge in [-0.3, -0.25) is 0 Å². The molecule has 47 heavy (non-hydrogen) atoms. The number of hydrogen-bond donors (Lipinski definition) is 2. The van der Waals surface area contributed by atoms with Gasteiger partial charge in [0.05, 0.1) is 5.41 Å². The molecule has 0 heterocycles. The third kappa shape index (κ3) is 5.23. The van der Waals surface area contributed by atoms with Crippen molar-refractivity contribution in [2.24, 2.45) is 0 Å². The van der Waals surface area contributed by atoms with Crippen LogP contribution in [0.3, 0.4) is 0 Å². The minimum Gasteiger partial charge on any atom is -0.355 e. The summed E-state index contributed by atoms with van der Waals surface area (Å²) in [5.41, 5.74) is 14.4. The molecule has 0 aromatic heterocycles. The van der Waals surface area contributed by atoms with E-state index in [0.717, 1.165) is 24.5 Å². The van der Waals surface area contributed by atoms with Crippen molar-refractivity contribution in [3.8, 4) is 22.3 Å². The van der Waals surface area contributed by atoms with E-state index in [9.17, 15) is 0 Å². The van der Waals surface area contributed by atoms with Crippen molar-refractivity contribution >= 4 is 11.4 Å². The van der Waals surface area contributed by atoms with E-state index in [0.29, 0.717) is 0 Å². The van der Waals surface area contributed by atoms with E-state index in [1.165, 1.54) is 55.6 Å². The molecule has 0 amide bonds. The first-order valence-corrected chi connectivity index (χ1v) is 16.4. The zero-order chi connectivity index (χ0) is 31.5. The average Bonchev–Trinajstić information content (AvgIpc) is 3.44. The zero-order valence-corrected chi connectivity index (χ0v) is 26.2. The summed E-state index contributed by atoms with van der Waals surface area (Å²) in [6.07, 6.45) is 0. The molecule has 0 spiro atoms. The molecule has 0 radical (unpaired) electrons. The molecule has 226 valence electrons. The lowest BCUT2D eigenvalue weighted by molar-refractivity contribution is 0.693. The third-order valence-electron chi connectivity index (χ3n) is 9.39. The number of fused-ring (bicyclic) bond motifs is 3. The molecule has 0 saturated heterocycles. The van der Waals surface area contributed by atoms with Crippen molar-refractivity contribution in [3.63, 3.8) is 0 Å². The van der Waals surface area contributed by atoms with Crippen LogP contribution in [-0.2, 0) is 18.5 Å². The van der Waals surface area contributed by atoms with Gasteiger partial charge in [-0.2, -0.15) is 0 Å². The Morgan fingerprint density at radius 2 is 1.00 bits per heavy atom. The smallest absolute Gasteiger partial charge is 0.0713 e. The van der Waals surface area contributed by atoms with E-state index < -0.39 is 5.41 Å². The summed E-state index contributed by atoms with van der Waals surface area (Å²) in [4.78, 5) is 0. The Morgan fingerprint density at radius 1 is 0.426 bits per heavy atom. The number of hydrogen-bond acceptors (Lipinski definition) is 2. The van der Waals surface area contributed by atoms with E-state index in [1.54, 1.807) is 0 Å². The van der Waals surface area contributed by atoms with Crippen molar-refractivity contribution in [2.45, 2.75) is 18.5 Å². The molecule has 0 unspecified atom stereocenters. The molecule has 1 aliphatic carbocycles. The van der Waals surface area contributed by atoms with Gasteiger partial charge < -0.3 is 10.6 Å². The Kier molecular flexibility index (Phi) is 7.70.